The Morgan fingerprint density at radius 3 is 2.49 bits per heavy atom. The van der Waals surface area contributed by atoms with Crippen molar-refractivity contribution in [2.75, 3.05) is 11.5 Å². The Morgan fingerprint density at radius 2 is 1.86 bits per heavy atom. The topological polar surface area (TPSA) is 79.7 Å². The molecule has 0 saturated heterocycles. The van der Waals surface area contributed by atoms with Crippen LogP contribution in [-0.2, 0) is 15.8 Å². The summed E-state index contributed by atoms with van der Waals surface area (Å²) in [5.41, 5.74) is -1.82. The third-order valence-electron chi connectivity index (χ3n) is 4.81. The second-order valence-electron chi connectivity index (χ2n) is 7.32. The van der Waals surface area contributed by atoms with Gasteiger partial charge in [-0.3, -0.25) is 4.79 Å². The number of unbranched alkanes of at least 4 members (excludes halogenated alkanes) is 2. The standard InChI is InChI=1S/C23H19F5N2O4S/c1-2-3-4-9-34-19-8-6-14(11-16(19)23(26,27)28)30(20(31)21(32)33)22-29-18(12-35-22)15-7-5-13(24)10-17(15)25/h5-8,10-12H,2-4,9H2,1H3,(H,32,33). The minimum Gasteiger partial charge on any atom is -0.493 e. The van der Waals surface area contributed by atoms with Crippen LogP contribution in [0.25, 0.3) is 11.3 Å². The number of carbonyl (C=O) groups excluding carboxylic acids is 1. The number of hydrogen-bond acceptors (Lipinski definition) is 5. The summed E-state index contributed by atoms with van der Waals surface area (Å²) in [5.74, 6) is -5.77. The summed E-state index contributed by atoms with van der Waals surface area (Å²) in [6, 6.07) is 5.38. The van der Waals surface area contributed by atoms with Gasteiger partial charge in [-0.15, -0.1) is 11.3 Å². The molecule has 186 valence electrons. The average Bonchev–Trinajstić information content (AvgIpc) is 3.26. The van der Waals surface area contributed by atoms with Gasteiger partial charge in [0, 0.05) is 17.0 Å². The second-order valence-corrected chi connectivity index (χ2v) is 8.16. The van der Waals surface area contributed by atoms with E-state index in [0.717, 1.165) is 37.1 Å². The maximum Gasteiger partial charge on any atom is 0.420 e. The normalized spacial score (nSPS) is 11.4. The summed E-state index contributed by atoms with van der Waals surface area (Å²) in [4.78, 5) is 28.4. The number of nitrogens with zero attached hydrogens (tertiary/aromatic N) is 2. The molecule has 3 aromatic rings. The van der Waals surface area contributed by atoms with Crippen LogP contribution in [-0.4, -0.2) is 28.6 Å². The smallest absolute Gasteiger partial charge is 0.420 e. The van der Waals surface area contributed by atoms with Crippen LogP contribution in [0.5, 0.6) is 5.75 Å². The van der Waals surface area contributed by atoms with Crippen molar-refractivity contribution in [2.45, 2.75) is 32.4 Å². The molecular weight excluding hydrogens is 495 g/mol. The number of rotatable bonds is 8. The SMILES string of the molecule is CCCCCOc1ccc(N(C(=O)C(=O)O)c2nc(-c3ccc(F)cc3F)cs2)cc1C(F)(F)F. The molecule has 0 bridgehead atoms. The van der Waals surface area contributed by atoms with E-state index in [9.17, 15) is 36.6 Å². The van der Waals surface area contributed by atoms with Gasteiger partial charge < -0.3 is 9.84 Å². The Balaban J connectivity index is 2.04. The molecule has 1 heterocycles. The molecular formula is C23H19F5N2O4S. The van der Waals surface area contributed by atoms with E-state index in [2.05, 4.69) is 4.98 Å². The van der Waals surface area contributed by atoms with Crippen LogP contribution >= 0.6 is 11.3 Å². The molecule has 1 N–H and O–H groups in total. The molecule has 0 fully saturated rings. The van der Waals surface area contributed by atoms with E-state index in [-0.39, 0.29) is 23.0 Å². The number of thiazole rings is 1. The number of halogens is 5. The van der Waals surface area contributed by atoms with Crippen molar-refractivity contribution in [1.29, 1.82) is 0 Å². The summed E-state index contributed by atoms with van der Waals surface area (Å²) in [7, 11) is 0. The second kappa shape index (κ2) is 10.8. The lowest BCUT2D eigenvalue weighted by Crippen LogP contribution is -2.32. The van der Waals surface area contributed by atoms with Gasteiger partial charge in [-0.2, -0.15) is 13.2 Å². The molecule has 0 atom stereocenters. The number of carboxylic acid groups (broad SMARTS) is 1. The molecule has 0 aliphatic heterocycles. The summed E-state index contributed by atoms with van der Waals surface area (Å²) >= 11 is 0.701. The first-order valence-electron chi connectivity index (χ1n) is 10.3. The molecule has 1 amide bonds. The lowest BCUT2D eigenvalue weighted by Gasteiger charge is -2.21. The van der Waals surface area contributed by atoms with Gasteiger partial charge in [-0.1, -0.05) is 19.8 Å². The van der Waals surface area contributed by atoms with Crippen molar-refractivity contribution in [3.63, 3.8) is 0 Å². The van der Waals surface area contributed by atoms with E-state index in [4.69, 9.17) is 4.74 Å². The largest absolute Gasteiger partial charge is 0.493 e. The number of amides is 1. The Kier molecular flexibility index (Phi) is 8.05. The van der Waals surface area contributed by atoms with Crippen molar-refractivity contribution in [1.82, 2.24) is 4.98 Å². The van der Waals surface area contributed by atoms with E-state index < -0.39 is 46.7 Å². The molecule has 3 rings (SSSR count). The van der Waals surface area contributed by atoms with Gasteiger partial charge in [-0.05, 0) is 36.8 Å². The Morgan fingerprint density at radius 1 is 1.11 bits per heavy atom. The average molecular weight is 514 g/mol. The van der Waals surface area contributed by atoms with E-state index in [0.29, 0.717) is 34.8 Å². The number of aliphatic carboxylic acids is 1. The van der Waals surface area contributed by atoms with Gasteiger partial charge in [0.15, 0.2) is 5.13 Å². The van der Waals surface area contributed by atoms with Gasteiger partial charge in [0.25, 0.3) is 0 Å². The predicted octanol–water partition coefficient (Wildman–Crippen LogP) is 6.43. The first-order valence-corrected chi connectivity index (χ1v) is 11.2. The highest BCUT2D eigenvalue weighted by molar-refractivity contribution is 7.14. The summed E-state index contributed by atoms with van der Waals surface area (Å²) in [6.45, 7) is 1.98. The number of benzene rings is 2. The fraction of sp³-hybridized carbons (Fsp3) is 0.261. The van der Waals surface area contributed by atoms with Crippen molar-refractivity contribution >= 4 is 34.0 Å². The van der Waals surface area contributed by atoms with Crippen molar-refractivity contribution < 1.29 is 41.4 Å². The number of aromatic nitrogens is 1. The number of anilines is 2. The monoisotopic (exact) mass is 514 g/mol. The third-order valence-corrected chi connectivity index (χ3v) is 5.63. The van der Waals surface area contributed by atoms with Crippen LogP contribution in [0.15, 0.2) is 41.8 Å². The number of hydrogen-bond donors (Lipinski definition) is 1. The van der Waals surface area contributed by atoms with Crippen LogP contribution in [0.1, 0.15) is 31.7 Å². The maximum atomic E-state index is 14.1. The van der Waals surface area contributed by atoms with Crippen molar-refractivity contribution in [3.8, 4) is 17.0 Å². The molecule has 35 heavy (non-hydrogen) atoms. The fourth-order valence-corrected chi connectivity index (χ4v) is 3.98. The highest BCUT2D eigenvalue weighted by atomic mass is 32.1. The zero-order valence-corrected chi connectivity index (χ0v) is 19.1. The molecule has 0 radical (unpaired) electrons. The molecule has 0 saturated carbocycles. The molecule has 12 heteroatoms. The fourth-order valence-electron chi connectivity index (χ4n) is 3.14. The lowest BCUT2D eigenvalue weighted by molar-refractivity contribution is -0.148. The molecule has 0 spiro atoms. The van der Waals surface area contributed by atoms with Crippen LogP contribution in [0.3, 0.4) is 0 Å². The highest BCUT2D eigenvalue weighted by Crippen LogP contribution is 2.41. The van der Waals surface area contributed by atoms with Crippen LogP contribution in [0, 0.1) is 11.6 Å². The summed E-state index contributed by atoms with van der Waals surface area (Å²) in [6.07, 6.45) is -2.71. The van der Waals surface area contributed by atoms with Crippen LogP contribution < -0.4 is 9.64 Å². The Hall–Kier alpha value is -3.54. The predicted molar refractivity (Wildman–Crippen MR) is 119 cm³/mol. The Bertz CT molecular complexity index is 1230. The molecule has 2 aromatic carbocycles. The van der Waals surface area contributed by atoms with Gasteiger partial charge in [-0.25, -0.2) is 23.5 Å². The number of carbonyl (C=O) groups is 2. The van der Waals surface area contributed by atoms with E-state index in [1.54, 1.807) is 0 Å². The van der Waals surface area contributed by atoms with Crippen LogP contribution in [0.2, 0.25) is 0 Å². The van der Waals surface area contributed by atoms with E-state index in [1.807, 2.05) is 6.92 Å². The van der Waals surface area contributed by atoms with Gasteiger partial charge >= 0.3 is 18.1 Å². The van der Waals surface area contributed by atoms with Crippen molar-refractivity contribution in [2.24, 2.45) is 0 Å². The van der Waals surface area contributed by atoms with Crippen molar-refractivity contribution in [3.05, 3.63) is 59.0 Å². The molecule has 6 nitrogen and oxygen atoms in total. The van der Waals surface area contributed by atoms with E-state index >= 15 is 0 Å². The number of carboxylic acids is 1. The van der Waals surface area contributed by atoms with Crippen LogP contribution in [0.4, 0.5) is 32.8 Å². The number of alkyl halides is 3. The molecule has 0 aliphatic rings. The number of ether oxygens (including phenoxy) is 1. The van der Waals surface area contributed by atoms with E-state index in [1.165, 1.54) is 5.38 Å². The minimum atomic E-state index is -4.86. The first kappa shape index (κ1) is 26.1. The summed E-state index contributed by atoms with van der Waals surface area (Å²) in [5, 5.41) is 10.2. The highest BCUT2D eigenvalue weighted by Gasteiger charge is 2.37. The van der Waals surface area contributed by atoms with Gasteiger partial charge in [0.2, 0.25) is 0 Å². The van der Waals surface area contributed by atoms with Gasteiger partial charge in [0.1, 0.15) is 17.4 Å². The van der Waals surface area contributed by atoms with Gasteiger partial charge in [0.05, 0.1) is 23.6 Å². The zero-order valence-electron chi connectivity index (χ0n) is 18.2. The third kappa shape index (κ3) is 6.13. The Labute approximate surface area is 200 Å². The maximum absolute atomic E-state index is 14.1. The molecule has 0 aliphatic carbocycles. The first-order chi connectivity index (χ1) is 16.5. The summed E-state index contributed by atoms with van der Waals surface area (Å²) < 4.78 is 73.9. The lowest BCUT2D eigenvalue weighted by atomic mass is 10.1. The zero-order chi connectivity index (χ0) is 25.8. The molecule has 1 aromatic heterocycles. The molecule has 0 unspecified atom stereocenters. The quantitative estimate of drug-likeness (QED) is 0.213. The minimum absolute atomic E-state index is 0.0487.